The summed E-state index contributed by atoms with van der Waals surface area (Å²) < 4.78 is 5.58. The van der Waals surface area contributed by atoms with Crippen LogP contribution in [0, 0.1) is 0 Å². The first kappa shape index (κ1) is 16.2. The van der Waals surface area contributed by atoms with Crippen LogP contribution in [-0.2, 0) is 0 Å². The third-order valence-corrected chi connectivity index (χ3v) is 3.37. The molecule has 0 saturated heterocycles. The van der Waals surface area contributed by atoms with Crippen molar-refractivity contribution in [2.45, 2.75) is 0 Å². The molecule has 6 nitrogen and oxygen atoms in total. The van der Waals surface area contributed by atoms with Gasteiger partial charge in [-0.05, 0) is 36.4 Å². The van der Waals surface area contributed by atoms with Crippen LogP contribution in [0.3, 0.4) is 0 Å². The SMILES string of the molecule is NC(=O)c1cccc(NC(=O)c2ccc(Oc3ccccc3)nc2)c1. The molecular weight excluding hydrogens is 318 g/mol. The number of nitrogens with zero attached hydrogens (tertiary/aromatic N) is 1. The Labute approximate surface area is 144 Å². The number of ether oxygens (including phenoxy) is 1. The van der Waals surface area contributed by atoms with Crippen molar-refractivity contribution in [2.75, 3.05) is 5.32 Å². The molecule has 6 heteroatoms. The van der Waals surface area contributed by atoms with Crippen LogP contribution in [0.4, 0.5) is 5.69 Å². The molecule has 0 spiro atoms. The Morgan fingerprint density at radius 1 is 0.920 bits per heavy atom. The summed E-state index contributed by atoms with van der Waals surface area (Å²) in [5.74, 6) is 0.148. The van der Waals surface area contributed by atoms with Gasteiger partial charge in [0.25, 0.3) is 5.91 Å². The number of pyridine rings is 1. The van der Waals surface area contributed by atoms with E-state index in [0.29, 0.717) is 28.4 Å². The van der Waals surface area contributed by atoms with Crippen molar-refractivity contribution in [3.63, 3.8) is 0 Å². The van der Waals surface area contributed by atoms with Gasteiger partial charge in [-0.25, -0.2) is 4.98 Å². The van der Waals surface area contributed by atoms with Crippen molar-refractivity contribution < 1.29 is 14.3 Å². The Kier molecular flexibility index (Phi) is 4.71. The van der Waals surface area contributed by atoms with Crippen LogP contribution < -0.4 is 15.8 Å². The maximum absolute atomic E-state index is 12.3. The molecule has 25 heavy (non-hydrogen) atoms. The monoisotopic (exact) mass is 333 g/mol. The number of primary amides is 1. The molecule has 3 aromatic rings. The fraction of sp³-hybridized carbons (Fsp3) is 0. The summed E-state index contributed by atoms with van der Waals surface area (Å²) in [7, 11) is 0. The van der Waals surface area contributed by atoms with Crippen molar-refractivity contribution >= 4 is 17.5 Å². The molecule has 3 N–H and O–H groups in total. The molecular formula is C19H15N3O3. The van der Waals surface area contributed by atoms with Crippen LogP contribution >= 0.6 is 0 Å². The molecule has 0 radical (unpaired) electrons. The van der Waals surface area contributed by atoms with Gasteiger partial charge in [-0.1, -0.05) is 24.3 Å². The number of nitrogens with one attached hydrogen (secondary N) is 1. The number of hydrogen-bond donors (Lipinski definition) is 2. The van der Waals surface area contributed by atoms with Gasteiger partial charge in [-0.3, -0.25) is 9.59 Å². The van der Waals surface area contributed by atoms with Crippen molar-refractivity contribution in [1.29, 1.82) is 0 Å². The van der Waals surface area contributed by atoms with Gasteiger partial charge in [-0.2, -0.15) is 0 Å². The first-order chi connectivity index (χ1) is 12.1. The van der Waals surface area contributed by atoms with E-state index in [1.165, 1.54) is 12.3 Å². The van der Waals surface area contributed by atoms with Crippen molar-refractivity contribution in [3.8, 4) is 11.6 Å². The molecule has 0 aliphatic rings. The van der Waals surface area contributed by atoms with Crippen molar-refractivity contribution in [2.24, 2.45) is 5.73 Å². The lowest BCUT2D eigenvalue weighted by Crippen LogP contribution is -2.14. The minimum absolute atomic E-state index is 0.322. The van der Waals surface area contributed by atoms with Gasteiger partial charge in [0, 0.05) is 23.5 Å². The van der Waals surface area contributed by atoms with Gasteiger partial charge >= 0.3 is 0 Å². The van der Waals surface area contributed by atoms with Gasteiger partial charge in [-0.15, -0.1) is 0 Å². The van der Waals surface area contributed by atoms with E-state index >= 15 is 0 Å². The quantitative estimate of drug-likeness (QED) is 0.749. The Morgan fingerprint density at radius 2 is 1.72 bits per heavy atom. The van der Waals surface area contributed by atoms with Crippen molar-refractivity contribution in [1.82, 2.24) is 4.98 Å². The predicted octanol–water partition coefficient (Wildman–Crippen LogP) is 3.23. The molecule has 0 bridgehead atoms. The van der Waals surface area contributed by atoms with E-state index in [2.05, 4.69) is 10.3 Å². The first-order valence-corrected chi connectivity index (χ1v) is 7.52. The summed E-state index contributed by atoms with van der Waals surface area (Å²) in [5.41, 5.74) is 6.39. The highest BCUT2D eigenvalue weighted by Crippen LogP contribution is 2.19. The van der Waals surface area contributed by atoms with Crippen LogP contribution in [0.5, 0.6) is 11.6 Å². The number of amides is 2. The third-order valence-electron chi connectivity index (χ3n) is 3.37. The maximum Gasteiger partial charge on any atom is 0.257 e. The Bertz CT molecular complexity index is 893. The number of nitrogens with two attached hydrogens (primary N) is 1. The summed E-state index contributed by atoms with van der Waals surface area (Å²) in [6.45, 7) is 0. The minimum atomic E-state index is -0.555. The standard InChI is InChI=1S/C19H15N3O3/c20-18(23)13-5-4-6-15(11-13)22-19(24)14-9-10-17(21-12-14)25-16-7-2-1-3-8-16/h1-12H,(H2,20,23)(H,22,24). The van der Waals surface area contributed by atoms with E-state index in [1.54, 1.807) is 30.3 Å². The first-order valence-electron chi connectivity index (χ1n) is 7.52. The van der Waals surface area contributed by atoms with E-state index < -0.39 is 5.91 Å². The summed E-state index contributed by atoms with van der Waals surface area (Å²) in [6.07, 6.45) is 1.42. The highest BCUT2D eigenvalue weighted by atomic mass is 16.5. The highest BCUT2D eigenvalue weighted by molar-refractivity contribution is 6.04. The molecule has 1 aromatic heterocycles. The highest BCUT2D eigenvalue weighted by Gasteiger charge is 2.09. The van der Waals surface area contributed by atoms with E-state index in [1.807, 2.05) is 30.3 Å². The largest absolute Gasteiger partial charge is 0.439 e. The Balaban J connectivity index is 1.68. The van der Waals surface area contributed by atoms with Crippen LogP contribution in [-0.4, -0.2) is 16.8 Å². The summed E-state index contributed by atoms with van der Waals surface area (Å²) in [4.78, 5) is 27.6. The number of aromatic nitrogens is 1. The maximum atomic E-state index is 12.3. The average molecular weight is 333 g/mol. The van der Waals surface area contributed by atoms with Crippen LogP contribution in [0.1, 0.15) is 20.7 Å². The average Bonchev–Trinajstić information content (AvgIpc) is 2.63. The molecule has 0 aliphatic carbocycles. The summed E-state index contributed by atoms with van der Waals surface area (Å²) in [6, 6.07) is 18.9. The number of rotatable bonds is 5. The predicted molar refractivity (Wildman–Crippen MR) is 93.7 cm³/mol. The molecule has 2 amide bonds. The normalized spacial score (nSPS) is 10.1. The number of carbonyl (C=O) groups excluding carboxylic acids is 2. The molecule has 0 aliphatic heterocycles. The van der Waals surface area contributed by atoms with Gasteiger partial charge in [0.1, 0.15) is 5.75 Å². The lowest BCUT2D eigenvalue weighted by Gasteiger charge is -2.07. The lowest BCUT2D eigenvalue weighted by molar-refractivity contribution is 0.0996. The number of carbonyl (C=O) groups is 2. The van der Waals surface area contributed by atoms with Crippen LogP contribution in [0.25, 0.3) is 0 Å². The smallest absolute Gasteiger partial charge is 0.257 e. The van der Waals surface area contributed by atoms with Gasteiger partial charge < -0.3 is 15.8 Å². The molecule has 1 heterocycles. The second-order valence-corrected chi connectivity index (χ2v) is 5.20. The fourth-order valence-corrected chi connectivity index (χ4v) is 2.14. The Hall–Kier alpha value is -3.67. The van der Waals surface area contributed by atoms with E-state index in [-0.39, 0.29) is 5.91 Å². The summed E-state index contributed by atoms with van der Waals surface area (Å²) >= 11 is 0. The van der Waals surface area contributed by atoms with E-state index in [9.17, 15) is 9.59 Å². The van der Waals surface area contributed by atoms with Gasteiger partial charge in [0.15, 0.2) is 0 Å². The van der Waals surface area contributed by atoms with Gasteiger partial charge in [0.2, 0.25) is 11.8 Å². The molecule has 0 atom stereocenters. The molecule has 124 valence electrons. The van der Waals surface area contributed by atoms with Crippen LogP contribution in [0.2, 0.25) is 0 Å². The van der Waals surface area contributed by atoms with Crippen molar-refractivity contribution in [3.05, 3.63) is 84.1 Å². The lowest BCUT2D eigenvalue weighted by atomic mass is 10.2. The molecule has 3 rings (SSSR count). The third kappa shape index (κ3) is 4.20. The molecule has 0 saturated carbocycles. The zero-order valence-electron chi connectivity index (χ0n) is 13.2. The minimum Gasteiger partial charge on any atom is -0.439 e. The number of para-hydroxylation sites is 1. The molecule has 0 unspecified atom stereocenters. The number of hydrogen-bond acceptors (Lipinski definition) is 4. The fourth-order valence-electron chi connectivity index (χ4n) is 2.14. The van der Waals surface area contributed by atoms with E-state index in [4.69, 9.17) is 10.5 Å². The summed E-state index contributed by atoms with van der Waals surface area (Å²) in [5, 5.41) is 2.70. The molecule has 2 aromatic carbocycles. The van der Waals surface area contributed by atoms with Crippen LogP contribution in [0.15, 0.2) is 72.9 Å². The second-order valence-electron chi connectivity index (χ2n) is 5.20. The number of anilines is 1. The van der Waals surface area contributed by atoms with E-state index in [0.717, 1.165) is 0 Å². The molecule has 0 fully saturated rings. The van der Waals surface area contributed by atoms with Gasteiger partial charge in [0.05, 0.1) is 5.56 Å². The number of benzene rings is 2. The zero-order chi connectivity index (χ0) is 17.6. The second kappa shape index (κ2) is 7.27. The Morgan fingerprint density at radius 3 is 2.40 bits per heavy atom. The zero-order valence-corrected chi connectivity index (χ0v) is 13.2. The topological polar surface area (TPSA) is 94.3 Å².